The summed E-state index contributed by atoms with van der Waals surface area (Å²) in [5.41, 5.74) is 46.0. The lowest BCUT2D eigenvalue weighted by molar-refractivity contribution is 0.793. The minimum absolute atomic E-state index is 0.301. The molecule has 18 aromatic rings. The van der Waals surface area contributed by atoms with Crippen molar-refractivity contribution in [3.8, 4) is 83.6 Å². The predicted molar refractivity (Wildman–Crippen MR) is 449 cm³/mol. The van der Waals surface area contributed by atoms with Gasteiger partial charge < -0.3 is 14.4 Å². The van der Waals surface area contributed by atoms with Crippen LogP contribution in [0.25, 0.3) is 105 Å². The molecule has 1 aromatic heterocycles. The first kappa shape index (κ1) is 58.5. The molecule has 17 aromatic carbocycles. The Kier molecular flexibility index (Phi) is 11.2. The molecule has 0 amide bonds. The van der Waals surface area contributed by atoms with Crippen LogP contribution in [-0.4, -0.2) is 11.3 Å². The highest BCUT2D eigenvalue weighted by atomic mass is 15.2. The van der Waals surface area contributed by atoms with Crippen molar-refractivity contribution in [1.29, 1.82) is 0 Å². The van der Waals surface area contributed by atoms with Crippen LogP contribution in [0.15, 0.2) is 376 Å². The Morgan fingerprint density at radius 2 is 0.560 bits per heavy atom. The standard InChI is InChI=1S/C105H62BN3/c1-2-26-63(27-3-1)64-50-52-65(53-51-64)107-95-59-57-90-98(77-37-11-22-46-87(77)104(90)82-41-17-6-30-70(82)71-31-7-18-42-83(71)104)101(95)106-92-58-56-91-99(78-38-12-23-47-88(78)105(91)84-43-19-8-32-72(84)73-33-9-20-44-85(73)105)102(92)109(97-62-67(61-96(107)100(97)106)108-93-48-24-13-35-75(93)76-36-14-25-49-94(76)108)66-54-55-89-79(60-66)74-34-10-21-45-86(74)103(89)80-39-15-4-28-68(80)69-29-5-16-40-81(69)103/h1-62H. The van der Waals surface area contributed by atoms with Gasteiger partial charge in [-0.1, -0.05) is 322 Å². The third-order valence-corrected chi connectivity index (χ3v) is 26.6. The Hall–Kier alpha value is -13.8. The summed E-state index contributed by atoms with van der Waals surface area (Å²) in [6, 6.07) is 146. The minimum atomic E-state index is -0.633. The number of nitrogens with zero attached hydrogens (tertiary/aromatic N) is 3. The molecule has 2 aliphatic heterocycles. The summed E-state index contributed by atoms with van der Waals surface area (Å²) in [7, 11) is 0. The van der Waals surface area contributed by atoms with E-state index in [0.717, 1.165) is 39.5 Å². The van der Waals surface area contributed by atoms with Crippen LogP contribution in [0.4, 0.5) is 34.1 Å². The molecule has 0 saturated heterocycles. The fraction of sp³-hybridized carbons (Fsp3) is 0.0286. The van der Waals surface area contributed by atoms with Crippen molar-refractivity contribution >= 4 is 79.0 Å². The summed E-state index contributed by atoms with van der Waals surface area (Å²) in [6.07, 6.45) is 0. The summed E-state index contributed by atoms with van der Waals surface area (Å²) >= 11 is 0. The van der Waals surface area contributed by atoms with Gasteiger partial charge in [0.15, 0.2) is 0 Å². The van der Waals surface area contributed by atoms with Crippen molar-refractivity contribution in [2.24, 2.45) is 0 Å². The van der Waals surface area contributed by atoms with Crippen LogP contribution in [0.5, 0.6) is 0 Å². The Balaban J connectivity index is 0.846. The van der Waals surface area contributed by atoms with E-state index in [0.29, 0.717) is 0 Å². The van der Waals surface area contributed by atoms with Crippen molar-refractivity contribution < 1.29 is 0 Å². The Morgan fingerprint density at radius 1 is 0.211 bits per heavy atom. The molecule has 0 saturated carbocycles. The van der Waals surface area contributed by atoms with Gasteiger partial charge in [0.25, 0.3) is 6.71 Å². The number of aromatic nitrogens is 1. The molecule has 4 heteroatoms. The molecule has 0 bridgehead atoms. The normalized spacial score (nSPS) is 15.0. The van der Waals surface area contributed by atoms with Gasteiger partial charge in [0.1, 0.15) is 0 Å². The first-order chi connectivity index (χ1) is 54.1. The summed E-state index contributed by atoms with van der Waals surface area (Å²) in [5.74, 6) is 0. The fourth-order valence-electron chi connectivity index (χ4n) is 22.9. The van der Waals surface area contributed by atoms with Crippen LogP contribution in [0.1, 0.15) is 66.8 Å². The van der Waals surface area contributed by atoms with Gasteiger partial charge in [0.05, 0.1) is 33.0 Å². The highest BCUT2D eigenvalue weighted by Crippen LogP contribution is 2.69. The number of rotatable bonds is 4. The molecule has 3 nitrogen and oxygen atoms in total. The molecule has 0 unspecified atom stereocenters. The first-order valence-electron chi connectivity index (χ1n) is 38.4. The van der Waals surface area contributed by atoms with E-state index in [1.165, 1.54) is 183 Å². The molecule has 6 aliphatic carbocycles. The van der Waals surface area contributed by atoms with Crippen molar-refractivity contribution in [2.75, 3.05) is 9.80 Å². The largest absolute Gasteiger partial charge is 0.311 e. The molecule has 26 rings (SSSR count). The second-order valence-electron chi connectivity index (χ2n) is 31.0. The molecule has 109 heavy (non-hydrogen) atoms. The number of fused-ring (bicyclic) bond motifs is 39. The minimum Gasteiger partial charge on any atom is -0.311 e. The lowest BCUT2D eigenvalue weighted by Gasteiger charge is -2.46. The quantitative estimate of drug-likeness (QED) is 0.163. The van der Waals surface area contributed by atoms with Crippen LogP contribution in [0, 0.1) is 0 Å². The summed E-state index contributed by atoms with van der Waals surface area (Å²) in [6.45, 7) is -0.301. The summed E-state index contributed by atoms with van der Waals surface area (Å²) in [5, 5.41) is 2.44. The van der Waals surface area contributed by atoms with E-state index in [1.54, 1.807) is 0 Å². The van der Waals surface area contributed by atoms with Gasteiger partial charge in [-0.2, -0.15) is 0 Å². The zero-order valence-electron chi connectivity index (χ0n) is 59.2. The smallest absolute Gasteiger partial charge is 0.252 e. The molecular formula is C105H62BN3. The van der Waals surface area contributed by atoms with E-state index in [2.05, 4.69) is 390 Å². The van der Waals surface area contributed by atoms with Crippen LogP contribution in [-0.2, 0) is 16.2 Å². The zero-order valence-corrected chi connectivity index (χ0v) is 59.2. The van der Waals surface area contributed by atoms with Crippen LogP contribution in [0.2, 0.25) is 0 Å². The molecule has 500 valence electrons. The van der Waals surface area contributed by atoms with Gasteiger partial charge in [-0.05, 0) is 210 Å². The molecule has 3 heterocycles. The maximum absolute atomic E-state index is 2.79. The summed E-state index contributed by atoms with van der Waals surface area (Å²) < 4.78 is 2.57. The van der Waals surface area contributed by atoms with E-state index >= 15 is 0 Å². The molecule has 0 atom stereocenters. The third-order valence-electron chi connectivity index (χ3n) is 26.6. The second-order valence-corrected chi connectivity index (χ2v) is 31.0. The van der Waals surface area contributed by atoms with Crippen LogP contribution >= 0.6 is 0 Å². The molecule has 0 N–H and O–H groups in total. The van der Waals surface area contributed by atoms with Crippen molar-refractivity contribution in [1.82, 2.24) is 4.57 Å². The number of hydrogen-bond donors (Lipinski definition) is 0. The maximum atomic E-state index is 2.79. The lowest BCUT2D eigenvalue weighted by Crippen LogP contribution is -2.62. The van der Waals surface area contributed by atoms with Crippen LogP contribution in [0.3, 0.4) is 0 Å². The van der Waals surface area contributed by atoms with Crippen molar-refractivity contribution in [2.45, 2.75) is 16.2 Å². The van der Waals surface area contributed by atoms with Gasteiger partial charge in [-0.3, -0.25) is 0 Å². The van der Waals surface area contributed by atoms with Gasteiger partial charge in [-0.15, -0.1) is 0 Å². The monoisotopic (exact) mass is 1380 g/mol. The lowest BCUT2D eigenvalue weighted by atomic mass is 9.32. The first-order valence-corrected chi connectivity index (χ1v) is 38.4. The van der Waals surface area contributed by atoms with Gasteiger partial charge in [0, 0.05) is 50.5 Å². The number of para-hydroxylation sites is 2. The highest BCUT2D eigenvalue weighted by Gasteiger charge is 2.59. The maximum Gasteiger partial charge on any atom is 0.252 e. The van der Waals surface area contributed by atoms with Crippen molar-refractivity contribution in [3.63, 3.8) is 0 Å². The van der Waals surface area contributed by atoms with E-state index in [1.807, 2.05) is 0 Å². The van der Waals surface area contributed by atoms with Crippen molar-refractivity contribution in [3.05, 3.63) is 443 Å². The van der Waals surface area contributed by atoms with Gasteiger partial charge >= 0.3 is 0 Å². The number of benzene rings is 17. The van der Waals surface area contributed by atoms with E-state index in [9.17, 15) is 0 Å². The molecule has 8 aliphatic rings. The molecule has 3 spiro atoms. The van der Waals surface area contributed by atoms with E-state index in [4.69, 9.17) is 0 Å². The van der Waals surface area contributed by atoms with Gasteiger partial charge in [0.2, 0.25) is 0 Å². The summed E-state index contributed by atoms with van der Waals surface area (Å²) in [4.78, 5) is 5.46. The number of anilines is 6. The topological polar surface area (TPSA) is 11.4 Å². The predicted octanol–water partition coefficient (Wildman–Crippen LogP) is 23.6. The Morgan fingerprint density at radius 3 is 1.06 bits per heavy atom. The number of hydrogen-bond acceptors (Lipinski definition) is 2. The van der Waals surface area contributed by atoms with Crippen LogP contribution < -0.4 is 26.2 Å². The molecule has 0 fully saturated rings. The highest BCUT2D eigenvalue weighted by molar-refractivity contribution is 7.01. The second kappa shape index (κ2) is 20.8. The average molecular weight is 1380 g/mol. The average Bonchev–Trinajstić information content (AvgIpc) is 1.49. The molecular weight excluding hydrogens is 1310 g/mol. The zero-order chi connectivity index (χ0) is 70.7. The third kappa shape index (κ3) is 6.92. The Bertz CT molecular complexity index is 6960. The molecule has 0 radical (unpaired) electrons. The SMILES string of the molecule is c1ccc(-c2ccc(N3c4cc(-n5c6ccccc6c6ccccc65)cc5c4B(c4ccc6c(c4N5c4ccc5c(c4)-c4ccccc4C54c5ccccc5-c5ccccc54)-c4ccccc4C64c5ccccc5-c5ccccc54)c4c3ccc3c4-c4ccccc4C34c3ccccc3-c3ccccc34)cc2)cc1. The van der Waals surface area contributed by atoms with Gasteiger partial charge in [-0.25, -0.2) is 0 Å². The fourth-order valence-corrected chi connectivity index (χ4v) is 22.9. The van der Waals surface area contributed by atoms with E-state index < -0.39 is 16.2 Å². The Labute approximate surface area is 631 Å². The van der Waals surface area contributed by atoms with E-state index in [-0.39, 0.29) is 6.71 Å².